The van der Waals surface area contributed by atoms with Crippen molar-refractivity contribution in [3.8, 4) is 5.75 Å². The molecule has 1 aliphatic carbocycles. The molecule has 3 heteroatoms. The minimum atomic E-state index is 0.621. The van der Waals surface area contributed by atoms with Crippen LogP contribution in [0.5, 0.6) is 5.75 Å². The van der Waals surface area contributed by atoms with E-state index in [2.05, 4.69) is 25.2 Å². The van der Waals surface area contributed by atoms with Gasteiger partial charge in [-0.2, -0.15) is 0 Å². The molecular formula is C18H28ClNO. The van der Waals surface area contributed by atoms with Gasteiger partial charge in [0.25, 0.3) is 0 Å². The largest absolute Gasteiger partial charge is 0.492 e. The van der Waals surface area contributed by atoms with Crippen molar-refractivity contribution >= 4 is 11.6 Å². The Bertz CT molecular complexity index is 427. The highest BCUT2D eigenvalue weighted by molar-refractivity contribution is 6.30. The first-order valence-corrected chi connectivity index (χ1v) is 8.67. The lowest BCUT2D eigenvalue weighted by atomic mass is 9.84. The highest BCUT2D eigenvalue weighted by Crippen LogP contribution is 2.38. The van der Waals surface area contributed by atoms with Crippen LogP contribution < -0.4 is 10.1 Å². The third-order valence-electron chi connectivity index (χ3n) is 4.11. The third-order valence-corrected chi connectivity index (χ3v) is 4.34. The molecule has 0 radical (unpaired) electrons. The second-order valence-corrected chi connectivity index (χ2v) is 6.90. The molecular weight excluding hydrogens is 282 g/mol. The van der Waals surface area contributed by atoms with E-state index in [1.807, 2.05) is 12.1 Å². The van der Waals surface area contributed by atoms with Crippen molar-refractivity contribution in [2.24, 2.45) is 5.92 Å². The van der Waals surface area contributed by atoms with E-state index in [0.29, 0.717) is 18.4 Å². The van der Waals surface area contributed by atoms with Gasteiger partial charge in [0.2, 0.25) is 0 Å². The summed E-state index contributed by atoms with van der Waals surface area (Å²) in [5, 5.41) is 4.23. The maximum atomic E-state index is 6.19. The number of ether oxygens (including phenoxy) is 1. The van der Waals surface area contributed by atoms with Gasteiger partial charge >= 0.3 is 0 Å². The molecule has 2 rings (SSSR count). The van der Waals surface area contributed by atoms with Gasteiger partial charge in [-0.1, -0.05) is 44.7 Å². The van der Waals surface area contributed by atoms with Gasteiger partial charge < -0.3 is 10.1 Å². The molecule has 1 saturated carbocycles. The Morgan fingerprint density at radius 1 is 1.24 bits per heavy atom. The average molecular weight is 310 g/mol. The molecule has 1 fully saturated rings. The Hall–Kier alpha value is -0.730. The standard InChI is InChI=1S/C18H28ClNO/c1-14(2)13-20-10-11-21-18-9-8-16(19)12-17(18)15-6-4-3-5-7-15/h8-9,12,14-15,20H,3-7,10-11,13H2,1-2H3. The van der Waals surface area contributed by atoms with Crippen molar-refractivity contribution in [3.05, 3.63) is 28.8 Å². The first-order valence-electron chi connectivity index (χ1n) is 8.30. The Kier molecular flexibility index (Phi) is 6.85. The minimum absolute atomic E-state index is 0.621. The van der Waals surface area contributed by atoms with Crippen LogP contribution in [0.1, 0.15) is 57.4 Å². The van der Waals surface area contributed by atoms with Crippen molar-refractivity contribution < 1.29 is 4.74 Å². The van der Waals surface area contributed by atoms with E-state index in [1.54, 1.807) is 0 Å². The molecule has 0 amide bonds. The molecule has 0 heterocycles. The van der Waals surface area contributed by atoms with Gasteiger partial charge in [0.15, 0.2) is 0 Å². The predicted octanol–water partition coefficient (Wildman–Crippen LogP) is 5.01. The summed E-state index contributed by atoms with van der Waals surface area (Å²) in [6.07, 6.45) is 6.55. The van der Waals surface area contributed by atoms with Gasteiger partial charge in [-0.3, -0.25) is 0 Å². The zero-order valence-corrected chi connectivity index (χ0v) is 14.1. The second-order valence-electron chi connectivity index (χ2n) is 6.46. The second kappa shape index (κ2) is 8.65. The molecule has 2 nitrogen and oxygen atoms in total. The quantitative estimate of drug-likeness (QED) is 0.715. The zero-order chi connectivity index (χ0) is 15.1. The molecule has 0 aromatic heterocycles. The Morgan fingerprint density at radius 2 is 2.00 bits per heavy atom. The van der Waals surface area contributed by atoms with Crippen LogP contribution in [0.3, 0.4) is 0 Å². The molecule has 0 bridgehead atoms. The van der Waals surface area contributed by atoms with E-state index < -0.39 is 0 Å². The lowest BCUT2D eigenvalue weighted by Crippen LogP contribution is -2.25. The monoisotopic (exact) mass is 309 g/mol. The summed E-state index contributed by atoms with van der Waals surface area (Å²) >= 11 is 6.19. The first kappa shape index (κ1) is 16.6. The molecule has 0 aliphatic heterocycles. The maximum absolute atomic E-state index is 6.19. The number of halogens is 1. The van der Waals surface area contributed by atoms with Gasteiger partial charge in [0.05, 0.1) is 0 Å². The lowest BCUT2D eigenvalue weighted by Gasteiger charge is -2.24. The lowest BCUT2D eigenvalue weighted by molar-refractivity contribution is 0.302. The summed E-state index contributed by atoms with van der Waals surface area (Å²) in [5.41, 5.74) is 1.31. The zero-order valence-electron chi connectivity index (χ0n) is 13.3. The fraction of sp³-hybridized carbons (Fsp3) is 0.667. The fourth-order valence-electron chi connectivity index (χ4n) is 3.01. The summed E-state index contributed by atoms with van der Waals surface area (Å²) in [6, 6.07) is 6.08. The minimum Gasteiger partial charge on any atom is -0.492 e. The summed E-state index contributed by atoms with van der Waals surface area (Å²) in [5.74, 6) is 2.33. The van der Waals surface area contributed by atoms with Gasteiger partial charge in [-0.25, -0.2) is 0 Å². The van der Waals surface area contributed by atoms with Gasteiger partial charge in [0.1, 0.15) is 12.4 Å². The van der Waals surface area contributed by atoms with E-state index in [9.17, 15) is 0 Å². The Morgan fingerprint density at radius 3 is 2.71 bits per heavy atom. The van der Waals surface area contributed by atoms with Gasteiger partial charge in [-0.05, 0) is 55.0 Å². The number of nitrogens with one attached hydrogen (secondary N) is 1. The number of benzene rings is 1. The molecule has 21 heavy (non-hydrogen) atoms. The molecule has 1 aromatic carbocycles. The average Bonchev–Trinajstić information content (AvgIpc) is 2.49. The third kappa shape index (κ3) is 5.52. The summed E-state index contributed by atoms with van der Waals surface area (Å²) < 4.78 is 6.01. The van der Waals surface area contributed by atoms with Crippen LogP contribution in [0.4, 0.5) is 0 Å². The van der Waals surface area contributed by atoms with Crippen LogP contribution in [-0.2, 0) is 0 Å². The highest BCUT2D eigenvalue weighted by atomic mass is 35.5. The van der Waals surface area contributed by atoms with Crippen LogP contribution in [-0.4, -0.2) is 19.7 Å². The van der Waals surface area contributed by atoms with E-state index in [0.717, 1.165) is 23.9 Å². The van der Waals surface area contributed by atoms with Crippen LogP contribution >= 0.6 is 11.6 Å². The predicted molar refractivity (Wildman–Crippen MR) is 90.5 cm³/mol. The van der Waals surface area contributed by atoms with Gasteiger partial charge in [0, 0.05) is 11.6 Å². The van der Waals surface area contributed by atoms with E-state index >= 15 is 0 Å². The summed E-state index contributed by atoms with van der Waals surface area (Å²) in [7, 11) is 0. The SMILES string of the molecule is CC(C)CNCCOc1ccc(Cl)cc1C1CCCCC1. The van der Waals surface area contributed by atoms with Crippen molar-refractivity contribution in [1.29, 1.82) is 0 Å². The molecule has 1 N–H and O–H groups in total. The number of rotatable bonds is 7. The smallest absolute Gasteiger partial charge is 0.122 e. The Balaban J connectivity index is 1.91. The van der Waals surface area contributed by atoms with Crippen LogP contribution in [0.15, 0.2) is 18.2 Å². The van der Waals surface area contributed by atoms with Crippen molar-refractivity contribution in [2.45, 2.75) is 51.9 Å². The van der Waals surface area contributed by atoms with E-state index in [1.165, 1.54) is 37.7 Å². The van der Waals surface area contributed by atoms with Crippen molar-refractivity contribution in [3.63, 3.8) is 0 Å². The van der Waals surface area contributed by atoms with Gasteiger partial charge in [-0.15, -0.1) is 0 Å². The van der Waals surface area contributed by atoms with E-state index in [4.69, 9.17) is 16.3 Å². The van der Waals surface area contributed by atoms with Crippen LogP contribution in [0, 0.1) is 5.92 Å². The summed E-state index contributed by atoms with van der Waals surface area (Å²) in [4.78, 5) is 0. The maximum Gasteiger partial charge on any atom is 0.122 e. The van der Waals surface area contributed by atoms with Crippen molar-refractivity contribution in [1.82, 2.24) is 5.32 Å². The fourth-order valence-corrected chi connectivity index (χ4v) is 3.19. The molecule has 0 atom stereocenters. The number of hydrogen-bond donors (Lipinski definition) is 1. The van der Waals surface area contributed by atoms with Crippen LogP contribution in [0.2, 0.25) is 5.02 Å². The molecule has 118 valence electrons. The normalized spacial score (nSPS) is 16.4. The number of hydrogen-bond acceptors (Lipinski definition) is 2. The molecule has 1 aliphatic rings. The molecule has 1 aromatic rings. The topological polar surface area (TPSA) is 21.3 Å². The van der Waals surface area contributed by atoms with Crippen molar-refractivity contribution in [2.75, 3.05) is 19.7 Å². The highest BCUT2D eigenvalue weighted by Gasteiger charge is 2.19. The first-order chi connectivity index (χ1) is 10.2. The summed E-state index contributed by atoms with van der Waals surface area (Å²) in [6.45, 7) is 7.08. The molecule has 0 unspecified atom stereocenters. The van der Waals surface area contributed by atoms with Crippen LogP contribution in [0.25, 0.3) is 0 Å². The van der Waals surface area contributed by atoms with E-state index in [-0.39, 0.29) is 0 Å². The Labute approximate surface area is 134 Å². The molecule has 0 spiro atoms. The molecule has 0 saturated heterocycles.